The van der Waals surface area contributed by atoms with Crippen LogP contribution in [0.3, 0.4) is 0 Å². The first kappa shape index (κ1) is 22.3. The molecule has 1 heterocycles. The summed E-state index contributed by atoms with van der Waals surface area (Å²) in [6.07, 6.45) is 0.653. The SMILES string of the molecule is Cc1cc(C)c(NC(=O)COC(=O)CCC(=O)c2ccc3c(c2)OCCCO3)c(C)c1. The Balaban J connectivity index is 1.46. The predicted octanol–water partition coefficient (Wildman–Crippen LogP) is 3.92. The van der Waals surface area contributed by atoms with Gasteiger partial charge in [0.05, 0.1) is 19.6 Å². The molecule has 0 aromatic heterocycles. The number of nitrogens with one attached hydrogen (secondary N) is 1. The van der Waals surface area contributed by atoms with E-state index in [9.17, 15) is 14.4 Å². The number of anilines is 1. The zero-order chi connectivity index (χ0) is 22.4. The van der Waals surface area contributed by atoms with Crippen LogP contribution >= 0.6 is 0 Å². The van der Waals surface area contributed by atoms with Crippen molar-refractivity contribution in [2.45, 2.75) is 40.0 Å². The van der Waals surface area contributed by atoms with E-state index in [2.05, 4.69) is 5.32 Å². The molecule has 0 atom stereocenters. The number of aryl methyl sites for hydroxylation is 3. The van der Waals surface area contributed by atoms with E-state index in [1.165, 1.54) is 0 Å². The summed E-state index contributed by atoms with van der Waals surface area (Å²) in [7, 11) is 0. The van der Waals surface area contributed by atoms with Crippen molar-refractivity contribution in [3.05, 3.63) is 52.6 Å². The fourth-order valence-corrected chi connectivity index (χ4v) is 3.47. The summed E-state index contributed by atoms with van der Waals surface area (Å²) in [5.74, 6) is -0.0846. The number of rotatable bonds is 7. The third-order valence-electron chi connectivity index (χ3n) is 4.93. The molecule has 0 saturated heterocycles. The highest BCUT2D eigenvalue weighted by Crippen LogP contribution is 2.31. The van der Waals surface area contributed by atoms with E-state index in [0.29, 0.717) is 30.3 Å². The number of Topliss-reactive ketones (excluding diaryl/α,β-unsaturated/α-hetero) is 1. The van der Waals surface area contributed by atoms with Crippen molar-refractivity contribution < 1.29 is 28.6 Å². The molecular formula is C24H27NO6. The molecule has 1 N–H and O–H groups in total. The highest BCUT2D eigenvalue weighted by Gasteiger charge is 2.16. The van der Waals surface area contributed by atoms with E-state index in [4.69, 9.17) is 14.2 Å². The molecule has 1 aliphatic heterocycles. The maximum atomic E-state index is 12.4. The molecule has 7 heteroatoms. The summed E-state index contributed by atoms with van der Waals surface area (Å²) in [5, 5.41) is 2.78. The first-order chi connectivity index (χ1) is 14.8. The Morgan fingerprint density at radius 3 is 2.32 bits per heavy atom. The van der Waals surface area contributed by atoms with Gasteiger partial charge in [0.15, 0.2) is 23.9 Å². The lowest BCUT2D eigenvalue weighted by atomic mass is 10.1. The number of hydrogen-bond donors (Lipinski definition) is 1. The number of ketones is 1. The van der Waals surface area contributed by atoms with Crippen LogP contribution in [0.4, 0.5) is 5.69 Å². The summed E-state index contributed by atoms with van der Waals surface area (Å²) >= 11 is 0. The molecule has 0 bridgehead atoms. The molecule has 3 rings (SSSR count). The number of benzene rings is 2. The molecule has 0 aliphatic carbocycles. The van der Waals surface area contributed by atoms with Gasteiger partial charge < -0.3 is 19.5 Å². The quantitative estimate of drug-likeness (QED) is 0.534. The number of ether oxygens (including phenoxy) is 3. The standard InChI is InChI=1S/C24H27NO6/c1-15-11-16(2)24(17(3)12-15)25-22(27)14-31-23(28)8-6-19(26)18-5-7-20-21(13-18)30-10-4-9-29-20/h5,7,11-13H,4,6,8-10,14H2,1-3H3,(H,25,27). The van der Waals surface area contributed by atoms with Gasteiger partial charge in [0.25, 0.3) is 5.91 Å². The Kier molecular flexibility index (Phi) is 7.28. The number of amides is 1. The summed E-state index contributed by atoms with van der Waals surface area (Å²) in [5.41, 5.74) is 4.16. The smallest absolute Gasteiger partial charge is 0.306 e. The Hall–Kier alpha value is -3.35. The third kappa shape index (κ3) is 6.07. The number of hydrogen-bond acceptors (Lipinski definition) is 6. The summed E-state index contributed by atoms with van der Waals surface area (Å²) in [6, 6.07) is 8.93. The fraction of sp³-hybridized carbons (Fsp3) is 0.375. The number of esters is 1. The lowest BCUT2D eigenvalue weighted by Crippen LogP contribution is -2.22. The van der Waals surface area contributed by atoms with E-state index < -0.39 is 18.5 Å². The van der Waals surface area contributed by atoms with Crippen molar-refractivity contribution in [2.24, 2.45) is 0 Å². The molecule has 2 aromatic carbocycles. The minimum absolute atomic E-state index is 0.0176. The van der Waals surface area contributed by atoms with Crippen molar-refractivity contribution in [2.75, 3.05) is 25.1 Å². The van der Waals surface area contributed by atoms with Crippen molar-refractivity contribution in [3.8, 4) is 11.5 Å². The summed E-state index contributed by atoms with van der Waals surface area (Å²) in [6.45, 7) is 6.51. The van der Waals surface area contributed by atoms with Gasteiger partial charge in [-0.05, 0) is 50.1 Å². The summed E-state index contributed by atoms with van der Waals surface area (Å²) < 4.78 is 16.2. The first-order valence-electron chi connectivity index (χ1n) is 10.3. The van der Waals surface area contributed by atoms with Crippen molar-refractivity contribution >= 4 is 23.3 Å². The van der Waals surface area contributed by atoms with Gasteiger partial charge in [-0.2, -0.15) is 0 Å². The molecule has 1 aliphatic rings. The molecule has 2 aromatic rings. The van der Waals surface area contributed by atoms with Crippen LogP contribution in [0.1, 0.15) is 46.3 Å². The van der Waals surface area contributed by atoms with Gasteiger partial charge in [0, 0.05) is 24.1 Å². The van der Waals surface area contributed by atoms with E-state index in [0.717, 1.165) is 28.8 Å². The molecule has 0 spiro atoms. The van der Waals surface area contributed by atoms with Crippen LogP contribution in [0.25, 0.3) is 0 Å². The highest BCUT2D eigenvalue weighted by atomic mass is 16.5. The Morgan fingerprint density at radius 1 is 0.935 bits per heavy atom. The van der Waals surface area contributed by atoms with Crippen LogP contribution < -0.4 is 14.8 Å². The molecule has 0 radical (unpaired) electrons. The minimum atomic E-state index is -0.602. The zero-order valence-corrected chi connectivity index (χ0v) is 18.1. The van der Waals surface area contributed by atoms with Gasteiger partial charge in [-0.3, -0.25) is 14.4 Å². The van der Waals surface area contributed by atoms with Crippen LogP contribution in [0.2, 0.25) is 0 Å². The van der Waals surface area contributed by atoms with Crippen molar-refractivity contribution in [1.82, 2.24) is 0 Å². The maximum Gasteiger partial charge on any atom is 0.306 e. The van der Waals surface area contributed by atoms with Crippen LogP contribution in [-0.4, -0.2) is 37.5 Å². The maximum absolute atomic E-state index is 12.4. The Bertz CT molecular complexity index is 975. The van der Waals surface area contributed by atoms with Gasteiger partial charge in [0.2, 0.25) is 0 Å². The lowest BCUT2D eigenvalue weighted by Gasteiger charge is -2.13. The van der Waals surface area contributed by atoms with Crippen LogP contribution in [0.5, 0.6) is 11.5 Å². The molecular weight excluding hydrogens is 398 g/mol. The van der Waals surface area contributed by atoms with Gasteiger partial charge in [0.1, 0.15) is 0 Å². The molecule has 164 valence electrons. The van der Waals surface area contributed by atoms with Crippen LogP contribution in [0.15, 0.2) is 30.3 Å². The molecule has 31 heavy (non-hydrogen) atoms. The minimum Gasteiger partial charge on any atom is -0.490 e. The van der Waals surface area contributed by atoms with Crippen LogP contribution in [-0.2, 0) is 14.3 Å². The average Bonchev–Trinajstić information content (AvgIpc) is 2.97. The second-order valence-electron chi connectivity index (χ2n) is 7.62. The van der Waals surface area contributed by atoms with E-state index in [1.807, 2.05) is 32.9 Å². The lowest BCUT2D eigenvalue weighted by molar-refractivity contribution is -0.147. The van der Waals surface area contributed by atoms with E-state index in [1.54, 1.807) is 18.2 Å². The van der Waals surface area contributed by atoms with Gasteiger partial charge in [-0.25, -0.2) is 0 Å². The van der Waals surface area contributed by atoms with E-state index in [-0.39, 0.29) is 18.6 Å². The molecule has 7 nitrogen and oxygen atoms in total. The highest BCUT2D eigenvalue weighted by molar-refractivity contribution is 5.98. The average molecular weight is 425 g/mol. The predicted molar refractivity (Wildman–Crippen MR) is 116 cm³/mol. The largest absolute Gasteiger partial charge is 0.490 e. The Labute approximate surface area is 181 Å². The van der Waals surface area contributed by atoms with Gasteiger partial charge in [-0.1, -0.05) is 17.7 Å². The van der Waals surface area contributed by atoms with Gasteiger partial charge >= 0.3 is 5.97 Å². The monoisotopic (exact) mass is 425 g/mol. The second-order valence-corrected chi connectivity index (χ2v) is 7.62. The van der Waals surface area contributed by atoms with E-state index >= 15 is 0 Å². The summed E-state index contributed by atoms with van der Waals surface area (Å²) in [4.78, 5) is 36.6. The normalized spacial score (nSPS) is 12.6. The fourth-order valence-electron chi connectivity index (χ4n) is 3.47. The molecule has 1 amide bonds. The van der Waals surface area contributed by atoms with Crippen LogP contribution in [0, 0.1) is 20.8 Å². The zero-order valence-electron chi connectivity index (χ0n) is 18.1. The third-order valence-corrected chi connectivity index (χ3v) is 4.93. The molecule has 0 unspecified atom stereocenters. The van der Waals surface area contributed by atoms with Gasteiger partial charge in [-0.15, -0.1) is 0 Å². The molecule has 0 saturated carbocycles. The Morgan fingerprint density at radius 2 is 1.61 bits per heavy atom. The topological polar surface area (TPSA) is 90.9 Å². The van der Waals surface area contributed by atoms with Crippen molar-refractivity contribution in [1.29, 1.82) is 0 Å². The number of fused-ring (bicyclic) bond motifs is 1. The van der Waals surface area contributed by atoms with Crippen molar-refractivity contribution in [3.63, 3.8) is 0 Å². The second kappa shape index (κ2) is 10.1. The molecule has 0 fully saturated rings. The number of carbonyl (C=O) groups is 3. The first-order valence-corrected chi connectivity index (χ1v) is 10.3. The number of carbonyl (C=O) groups excluding carboxylic acids is 3.